The molecule has 4 nitrogen and oxygen atoms in total. The molecular formula is C10H8O4S2. The third-order valence-corrected chi connectivity index (χ3v) is 4.61. The summed E-state index contributed by atoms with van der Waals surface area (Å²) in [5, 5.41) is 10.6. The number of thiophene rings is 1. The summed E-state index contributed by atoms with van der Waals surface area (Å²) in [5.74, 6) is -1.10. The van der Waals surface area contributed by atoms with Gasteiger partial charge in [0, 0.05) is 5.56 Å². The van der Waals surface area contributed by atoms with Gasteiger partial charge in [0.05, 0.1) is 27.0 Å². The Kier molecular flexibility index (Phi) is 3.21. The highest BCUT2D eigenvalue weighted by atomic mass is 32.2. The summed E-state index contributed by atoms with van der Waals surface area (Å²) >= 11 is 1.39. The SMILES string of the molecule is O=C(O)c1occc1CS(=O)c1cccs1. The standard InChI is InChI=1S/C10H8O4S2/c11-10(12)9-7(3-4-14-9)6-16(13)8-2-1-5-15-8/h1-5H,6H2,(H,11,12). The zero-order valence-electron chi connectivity index (χ0n) is 8.08. The maximum absolute atomic E-state index is 11.8. The zero-order valence-corrected chi connectivity index (χ0v) is 9.72. The average molecular weight is 256 g/mol. The Morgan fingerprint density at radius 3 is 2.94 bits per heavy atom. The minimum Gasteiger partial charge on any atom is -0.475 e. The zero-order chi connectivity index (χ0) is 11.5. The first-order chi connectivity index (χ1) is 7.68. The molecule has 1 atom stereocenters. The van der Waals surface area contributed by atoms with E-state index in [1.165, 1.54) is 23.7 Å². The summed E-state index contributed by atoms with van der Waals surface area (Å²) in [5.41, 5.74) is 0.458. The predicted molar refractivity (Wildman–Crippen MR) is 60.1 cm³/mol. The molecular weight excluding hydrogens is 248 g/mol. The molecule has 0 spiro atoms. The summed E-state index contributed by atoms with van der Waals surface area (Å²) < 4.78 is 17.4. The first-order valence-corrected chi connectivity index (χ1v) is 6.60. The van der Waals surface area contributed by atoms with Crippen LogP contribution in [0.1, 0.15) is 16.1 Å². The van der Waals surface area contributed by atoms with E-state index in [0.29, 0.717) is 5.56 Å². The van der Waals surface area contributed by atoms with E-state index in [1.54, 1.807) is 6.07 Å². The van der Waals surface area contributed by atoms with Crippen LogP contribution in [-0.4, -0.2) is 15.3 Å². The second-order valence-electron chi connectivity index (χ2n) is 3.00. The van der Waals surface area contributed by atoms with Gasteiger partial charge in [-0.15, -0.1) is 11.3 Å². The molecule has 84 valence electrons. The average Bonchev–Trinajstić information content (AvgIpc) is 2.86. The van der Waals surface area contributed by atoms with E-state index in [-0.39, 0.29) is 11.5 Å². The highest BCUT2D eigenvalue weighted by Gasteiger charge is 2.16. The maximum Gasteiger partial charge on any atom is 0.372 e. The van der Waals surface area contributed by atoms with Gasteiger partial charge in [-0.25, -0.2) is 4.79 Å². The second-order valence-corrected chi connectivity index (χ2v) is 5.63. The van der Waals surface area contributed by atoms with Crippen molar-refractivity contribution in [3.8, 4) is 0 Å². The van der Waals surface area contributed by atoms with Gasteiger partial charge in [-0.3, -0.25) is 4.21 Å². The van der Waals surface area contributed by atoms with Crippen LogP contribution in [0, 0.1) is 0 Å². The molecule has 1 N–H and O–H groups in total. The molecule has 0 aliphatic heterocycles. The Hall–Kier alpha value is -1.40. The highest BCUT2D eigenvalue weighted by molar-refractivity contribution is 7.86. The molecule has 0 aliphatic carbocycles. The van der Waals surface area contributed by atoms with Crippen LogP contribution in [0.3, 0.4) is 0 Å². The van der Waals surface area contributed by atoms with Crippen molar-refractivity contribution >= 4 is 28.1 Å². The van der Waals surface area contributed by atoms with E-state index >= 15 is 0 Å². The van der Waals surface area contributed by atoms with Crippen molar-refractivity contribution in [2.45, 2.75) is 9.96 Å². The van der Waals surface area contributed by atoms with Gasteiger partial charge in [0.1, 0.15) is 0 Å². The van der Waals surface area contributed by atoms with E-state index in [2.05, 4.69) is 0 Å². The van der Waals surface area contributed by atoms with Gasteiger partial charge in [-0.05, 0) is 17.5 Å². The maximum atomic E-state index is 11.8. The molecule has 16 heavy (non-hydrogen) atoms. The van der Waals surface area contributed by atoms with Crippen molar-refractivity contribution < 1.29 is 18.5 Å². The Bertz CT molecular complexity index is 513. The van der Waals surface area contributed by atoms with Crippen LogP contribution >= 0.6 is 11.3 Å². The van der Waals surface area contributed by atoms with Gasteiger partial charge in [0.25, 0.3) is 0 Å². The molecule has 6 heteroatoms. The Morgan fingerprint density at radius 1 is 1.50 bits per heavy atom. The minimum absolute atomic E-state index is 0.134. The summed E-state index contributed by atoms with van der Waals surface area (Å²) in [4.78, 5) is 10.8. The lowest BCUT2D eigenvalue weighted by atomic mass is 10.3. The highest BCUT2D eigenvalue weighted by Crippen LogP contribution is 2.20. The molecule has 2 aromatic rings. The quantitative estimate of drug-likeness (QED) is 0.911. The van der Waals surface area contributed by atoms with Crippen molar-refractivity contribution in [2.24, 2.45) is 0 Å². The summed E-state index contributed by atoms with van der Waals surface area (Å²) in [6, 6.07) is 5.11. The molecule has 2 aromatic heterocycles. The lowest BCUT2D eigenvalue weighted by Gasteiger charge is -1.97. The van der Waals surface area contributed by atoms with Crippen LogP contribution in [0.2, 0.25) is 0 Å². The molecule has 0 fully saturated rings. The number of carboxylic acids is 1. The summed E-state index contributed by atoms with van der Waals surface area (Å²) in [6.07, 6.45) is 1.30. The number of rotatable bonds is 4. The predicted octanol–water partition coefficient (Wildman–Crippen LogP) is 2.35. The van der Waals surface area contributed by atoms with Crippen LogP contribution in [0.25, 0.3) is 0 Å². The molecule has 0 radical (unpaired) electrons. The Balaban J connectivity index is 2.18. The molecule has 1 unspecified atom stereocenters. The van der Waals surface area contributed by atoms with Crippen LogP contribution < -0.4 is 0 Å². The number of furan rings is 1. The van der Waals surface area contributed by atoms with Gasteiger partial charge < -0.3 is 9.52 Å². The van der Waals surface area contributed by atoms with E-state index in [0.717, 1.165) is 4.21 Å². The number of aromatic carboxylic acids is 1. The molecule has 0 aromatic carbocycles. The Labute approximate surface area is 98.0 Å². The van der Waals surface area contributed by atoms with Gasteiger partial charge in [0.2, 0.25) is 5.76 Å². The topological polar surface area (TPSA) is 67.5 Å². The van der Waals surface area contributed by atoms with Crippen LogP contribution in [0.15, 0.2) is 38.5 Å². The van der Waals surface area contributed by atoms with Crippen molar-refractivity contribution in [2.75, 3.05) is 0 Å². The molecule has 0 aliphatic rings. The van der Waals surface area contributed by atoms with E-state index < -0.39 is 16.8 Å². The largest absolute Gasteiger partial charge is 0.475 e. The fourth-order valence-electron chi connectivity index (χ4n) is 1.24. The summed E-state index contributed by atoms with van der Waals surface area (Å²) in [7, 11) is -1.21. The molecule has 2 rings (SSSR count). The van der Waals surface area contributed by atoms with Crippen LogP contribution in [0.5, 0.6) is 0 Å². The van der Waals surface area contributed by atoms with Gasteiger partial charge in [-0.1, -0.05) is 6.07 Å². The summed E-state index contributed by atoms with van der Waals surface area (Å²) in [6.45, 7) is 0. The number of hydrogen-bond donors (Lipinski definition) is 1. The van der Waals surface area contributed by atoms with E-state index in [4.69, 9.17) is 9.52 Å². The normalized spacial score (nSPS) is 12.5. The van der Waals surface area contributed by atoms with Crippen molar-refractivity contribution in [1.82, 2.24) is 0 Å². The fourth-order valence-corrected chi connectivity index (χ4v) is 3.35. The van der Waals surface area contributed by atoms with Crippen LogP contribution in [-0.2, 0) is 16.6 Å². The smallest absolute Gasteiger partial charge is 0.372 e. The number of hydrogen-bond acceptors (Lipinski definition) is 4. The minimum atomic E-state index is -1.21. The van der Waals surface area contributed by atoms with Gasteiger partial charge >= 0.3 is 5.97 Å². The van der Waals surface area contributed by atoms with Crippen LogP contribution in [0.4, 0.5) is 0 Å². The van der Waals surface area contributed by atoms with Crippen molar-refractivity contribution in [3.05, 3.63) is 41.2 Å². The van der Waals surface area contributed by atoms with Crippen molar-refractivity contribution in [1.29, 1.82) is 0 Å². The molecule has 0 saturated carbocycles. The third kappa shape index (κ3) is 2.23. The lowest BCUT2D eigenvalue weighted by molar-refractivity contribution is 0.0661. The molecule has 0 amide bonds. The molecule has 0 bridgehead atoms. The molecule has 2 heterocycles. The first kappa shape index (κ1) is 11.1. The molecule has 0 saturated heterocycles. The first-order valence-electron chi connectivity index (χ1n) is 4.40. The van der Waals surface area contributed by atoms with Gasteiger partial charge in [0.15, 0.2) is 0 Å². The van der Waals surface area contributed by atoms with E-state index in [1.807, 2.05) is 11.4 Å². The second kappa shape index (κ2) is 4.63. The number of carbonyl (C=O) groups is 1. The fraction of sp³-hybridized carbons (Fsp3) is 0.100. The number of carboxylic acid groups (broad SMARTS) is 1. The van der Waals surface area contributed by atoms with E-state index in [9.17, 15) is 9.00 Å². The third-order valence-electron chi connectivity index (χ3n) is 1.95. The van der Waals surface area contributed by atoms with Gasteiger partial charge in [-0.2, -0.15) is 0 Å². The van der Waals surface area contributed by atoms with Crippen molar-refractivity contribution in [3.63, 3.8) is 0 Å². The Morgan fingerprint density at radius 2 is 2.31 bits per heavy atom. The lowest BCUT2D eigenvalue weighted by Crippen LogP contribution is -2.01. The monoisotopic (exact) mass is 256 g/mol.